The van der Waals surface area contributed by atoms with Crippen LogP contribution in [0.4, 0.5) is 0 Å². The van der Waals surface area contributed by atoms with Crippen LogP contribution < -0.4 is 14.8 Å². The van der Waals surface area contributed by atoms with Crippen molar-refractivity contribution >= 4 is 5.91 Å². The first-order chi connectivity index (χ1) is 10.2. The number of methoxy groups -OCH3 is 2. The second kappa shape index (κ2) is 7.88. The molecule has 0 spiro atoms. The van der Waals surface area contributed by atoms with Gasteiger partial charge in [-0.3, -0.25) is 4.79 Å². The lowest BCUT2D eigenvalue weighted by molar-refractivity contribution is -0.123. The van der Waals surface area contributed by atoms with Gasteiger partial charge in [0.25, 0.3) is 0 Å². The first-order valence-corrected chi connectivity index (χ1v) is 7.32. The molecule has 0 aromatic heterocycles. The highest BCUT2D eigenvalue weighted by Crippen LogP contribution is 2.24. The third-order valence-corrected chi connectivity index (χ3v) is 3.64. The van der Waals surface area contributed by atoms with Crippen LogP contribution in [0.25, 0.3) is 0 Å². The minimum atomic E-state index is 0.0452. The SMILES string of the molecule is COc1ccc(OC)c(CCNC(=O)CC2CCCO2)c1. The first kappa shape index (κ1) is 15.6. The number of hydrogen-bond acceptors (Lipinski definition) is 4. The maximum atomic E-state index is 11.8. The Kier molecular flexibility index (Phi) is 5.87. The van der Waals surface area contributed by atoms with Crippen molar-refractivity contribution in [1.82, 2.24) is 5.32 Å². The van der Waals surface area contributed by atoms with Crippen LogP contribution in [0, 0.1) is 0 Å². The number of benzene rings is 1. The van der Waals surface area contributed by atoms with E-state index in [1.54, 1.807) is 14.2 Å². The molecule has 0 aliphatic carbocycles. The highest BCUT2D eigenvalue weighted by molar-refractivity contribution is 5.76. The van der Waals surface area contributed by atoms with Gasteiger partial charge in [0.2, 0.25) is 5.91 Å². The summed E-state index contributed by atoms with van der Waals surface area (Å²) in [4.78, 5) is 11.8. The fraction of sp³-hybridized carbons (Fsp3) is 0.562. The summed E-state index contributed by atoms with van der Waals surface area (Å²) in [5.74, 6) is 1.64. The summed E-state index contributed by atoms with van der Waals surface area (Å²) >= 11 is 0. The fourth-order valence-corrected chi connectivity index (χ4v) is 2.50. The Balaban J connectivity index is 1.80. The molecular formula is C16H23NO4. The second-order valence-electron chi connectivity index (χ2n) is 5.12. The number of carbonyl (C=O) groups is 1. The molecule has 1 aromatic rings. The van der Waals surface area contributed by atoms with Gasteiger partial charge < -0.3 is 19.5 Å². The predicted molar refractivity (Wildman–Crippen MR) is 79.9 cm³/mol. The molecule has 1 heterocycles. The summed E-state index contributed by atoms with van der Waals surface area (Å²) in [6.07, 6.45) is 3.29. The Bertz CT molecular complexity index is 469. The standard InChI is InChI=1S/C16H23NO4/c1-19-13-5-6-15(20-2)12(10-13)7-8-17-16(18)11-14-4-3-9-21-14/h5-6,10,14H,3-4,7-9,11H2,1-2H3,(H,17,18). The average Bonchev–Trinajstić information content (AvgIpc) is 3.00. The maximum absolute atomic E-state index is 11.8. The van der Waals surface area contributed by atoms with Gasteiger partial charge >= 0.3 is 0 Å². The fourth-order valence-electron chi connectivity index (χ4n) is 2.50. The molecule has 1 aliphatic heterocycles. The van der Waals surface area contributed by atoms with Crippen LogP contribution in [0.1, 0.15) is 24.8 Å². The Labute approximate surface area is 125 Å². The lowest BCUT2D eigenvalue weighted by Crippen LogP contribution is -2.29. The largest absolute Gasteiger partial charge is 0.497 e. The second-order valence-corrected chi connectivity index (χ2v) is 5.12. The van der Waals surface area contributed by atoms with Gasteiger partial charge in [-0.15, -0.1) is 0 Å². The molecule has 5 nitrogen and oxygen atoms in total. The Morgan fingerprint density at radius 3 is 2.90 bits per heavy atom. The minimum Gasteiger partial charge on any atom is -0.497 e. The normalized spacial score (nSPS) is 17.5. The van der Waals surface area contributed by atoms with Crippen molar-refractivity contribution in [2.75, 3.05) is 27.4 Å². The van der Waals surface area contributed by atoms with Crippen LogP contribution in [0.5, 0.6) is 11.5 Å². The van der Waals surface area contributed by atoms with Crippen molar-refractivity contribution in [2.24, 2.45) is 0 Å². The van der Waals surface area contributed by atoms with E-state index in [2.05, 4.69) is 5.32 Å². The zero-order valence-corrected chi connectivity index (χ0v) is 12.7. The number of amides is 1. The van der Waals surface area contributed by atoms with Gasteiger partial charge in [0, 0.05) is 13.2 Å². The van der Waals surface area contributed by atoms with E-state index in [1.165, 1.54) is 0 Å². The summed E-state index contributed by atoms with van der Waals surface area (Å²) in [6.45, 7) is 1.36. The Hall–Kier alpha value is -1.75. The van der Waals surface area contributed by atoms with Crippen molar-refractivity contribution in [3.8, 4) is 11.5 Å². The topological polar surface area (TPSA) is 56.8 Å². The summed E-state index contributed by atoms with van der Waals surface area (Å²) in [5.41, 5.74) is 1.02. The van der Waals surface area contributed by atoms with Crippen LogP contribution in [-0.4, -0.2) is 39.4 Å². The number of rotatable bonds is 7. The quantitative estimate of drug-likeness (QED) is 0.834. The van der Waals surface area contributed by atoms with Crippen LogP contribution in [0.15, 0.2) is 18.2 Å². The summed E-state index contributed by atoms with van der Waals surface area (Å²) in [7, 11) is 3.27. The molecule has 0 bridgehead atoms. The molecule has 0 saturated carbocycles. The third kappa shape index (κ3) is 4.63. The van der Waals surface area contributed by atoms with Crippen molar-refractivity contribution in [2.45, 2.75) is 31.8 Å². The Morgan fingerprint density at radius 2 is 2.24 bits per heavy atom. The highest BCUT2D eigenvalue weighted by Gasteiger charge is 2.18. The number of ether oxygens (including phenoxy) is 3. The van der Waals surface area contributed by atoms with E-state index < -0.39 is 0 Å². The molecule has 1 fully saturated rings. The molecule has 1 saturated heterocycles. The van der Waals surface area contributed by atoms with Crippen molar-refractivity contribution < 1.29 is 19.0 Å². The third-order valence-electron chi connectivity index (χ3n) is 3.64. The number of nitrogens with one attached hydrogen (secondary N) is 1. The molecule has 21 heavy (non-hydrogen) atoms. The van der Waals surface area contributed by atoms with Crippen LogP contribution in [0.3, 0.4) is 0 Å². The maximum Gasteiger partial charge on any atom is 0.222 e. The molecule has 1 aliphatic rings. The molecule has 1 amide bonds. The lowest BCUT2D eigenvalue weighted by Gasteiger charge is -2.12. The summed E-state index contributed by atoms with van der Waals surface area (Å²) in [6, 6.07) is 5.67. The lowest BCUT2D eigenvalue weighted by atomic mass is 10.1. The van der Waals surface area contributed by atoms with Gasteiger partial charge in [0.15, 0.2) is 0 Å². The van der Waals surface area contributed by atoms with E-state index in [9.17, 15) is 4.79 Å². The molecule has 116 valence electrons. The van der Waals surface area contributed by atoms with E-state index in [1.807, 2.05) is 18.2 Å². The van der Waals surface area contributed by atoms with Gasteiger partial charge in [-0.1, -0.05) is 0 Å². The van der Waals surface area contributed by atoms with Gasteiger partial charge in [-0.05, 0) is 43.0 Å². The van der Waals surface area contributed by atoms with E-state index in [0.29, 0.717) is 19.4 Å². The first-order valence-electron chi connectivity index (χ1n) is 7.32. The molecule has 1 N–H and O–H groups in total. The molecule has 1 unspecified atom stereocenters. The average molecular weight is 293 g/mol. The molecule has 1 atom stereocenters. The molecule has 1 aromatic carbocycles. The monoisotopic (exact) mass is 293 g/mol. The van der Waals surface area contributed by atoms with Crippen molar-refractivity contribution in [3.63, 3.8) is 0 Å². The number of carbonyl (C=O) groups excluding carboxylic acids is 1. The van der Waals surface area contributed by atoms with Crippen LogP contribution in [0.2, 0.25) is 0 Å². The highest BCUT2D eigenvalue weighted by atomic mass is 16.5. The van der Waals surface area contributed by atoms with Crippen LogP contribution in [-0.2, 0) is 16.0 Å². The summed E-state index contributed by atoms with van der Waals surface area (Å²) < 4.78 is 16.0. The van der Waals surface area contributed by atoms with Crippen molar-refractivity contribution in [1.29, 1.82) is 0 Å². The zero-order chi connectivity index (χ0) is 15.1. The van der Waals surface area contributed by atoms with E-state index in [-0.39, 0.29) is 12.0 Å². The molecule has 0 radical (unpaired) electrons. The zero-order valence-electron chi connectivity index (χ0n) is 12.7. The molecule has 5 heteroatoms. The number of hydrogen-bond donors (Lipinski definition) is 1. The summed E-state index contributed by atoms with van der Waals surface area (Å²) in [5, 5.41) is 2.93. The minimum absolute atomic E-state index is 0.0452. The predicted octanol–water partition coefficient (Wildman–Crippen LogP) is 1.93. The van der Waals surface area contributed by atoms with Crippen LogP contribution >= 0.6 is 0 Å². The van der Waals surface area contributed by atoms with Gasteiger partial charge in [-0.2, -0.15) is 0 Å². The van der Waals surface area contributed by atoms with Crippen molar-refractivity contribution in [3.05, 3.63) is 23.8 Å². The van der Waals surface area contributed by atoms with E-state index >= 15 is 0 Å². The molecule has 2 rings (SSSR count). The Morgan fingerprint density at radius 1 is 1.38 bits per heavy atom. The van der Waals surface area contributed by atoms with Gasteiger partial charge in [0.1, 0.15) is 11.5 Å². The van der Waals surface area contributed by atoms with Gasteiger partial charge in [-0.25, -0.2) is 0 Å². The smallest absolute Gasteiger partial charge is 0.222 e. The molecular weight excluding hydrogens is 270 g/mol. The van der Waals surface area contributed by atoms with E-state index in [0.717, 1.165) is 36.5 Å². The van der Waals surface area contributed by atoms with E-state index in [4.69, 9.17) is 14.2 Å². The van der Waals surface area contributed by atoms with Gasteiger partial charge in [0.05, 0.1) is 26.7 Å².